The number of carbonyl (C=O) groups is 2. The zero-order chi connectivity index (χ0) is 34.3. The molecule has 2 atom stereocenters. The fourth-order valence-corrected chi connectivity index (χ4v) is 6.70. The van der Waals surface area contributed by atoms with Gasteiger partial charge in [-0.2, -0.15) is 26.3 Å². The van der Waals surface area contributed by atoms with Gasteiger partial charge in [-0.05, 0) is 122 Å². The van der Waals surface area contributed by atoms with E-state index in [-0.39, 0.29) is 41.7 Å². The molecule has 0 bridgehead atoms. The van der Waals surface area contributed by atoms with E-state index in [1.807, 2.05) is 22.6 Å². The second-order valence-corrected chi connectivity index (χ2v) is 12.8. The summed E-state index contributed by atoms with van der Waals surface area (Å²) in [5, 5.41) is 0. The van der Waals surface area contributed by atoms with Crippen molar-refractivity contribution in [3.8, 4) is 11.1 Å². The van der Waals surface area contributed by atoms with Crippen LogP contribution in [0, 0.1) is 15.4 Å². The average molecular weight is 779 g/mol. The van der Waals surface area contributed by atoms with Crippen molar-refractivity contribution in [1.29, 1.82) is 0 Å². The number of benzene rings is 2. The molecule has 0 radical (unpaired) electrons. The number of alkyl halides is 6. The van der Waals surface area contributed by atoms with E-state index in [9.17, 15) is 35.9 Å². The van der Waals surface area contributed by atoms with E-state index in [0.717, 1.165) is 10.5 Å². The normalized spacial score (nSPS) is 21.9. The molecule has 1 saturated heterocycles. The maximum Gasteiger partial charge on any atom is 0.416 e. The number of halogens is 8. The molecule has 2 aliphatic rings. The molecular weight excluding hydrogens is 748 g/mol. The molecule has 1 amide bonds. The van der Waals surface area contributed by atoms with Gasteiger partial charge in [0.05, 0.1) is 41.9 Å². The van der Waals surface area contributed by atoms with Gasteiger partial charge < -0.3 is 9.47 Å². The van der Waals surface area contributed by atoms with Gasteiger partial charge in [-0.15, -0.1) is 0 Å². The van der Waals surface area contributed by atoms with Crippen molar-refractivity contribution in [2.45, 2.75) is 76.5 Å². The molecule has 0 unspecified atom stereocenters. The number of ether oxygens (including phenoxy) is 2. The Labute approximate surface area is 279 Å². The van der Waals surface area contributed by atoms with Gasteiger partial charge in [-0.1, -0.05) is 6.07 Å². The maximum absolute atomic E-state index is 15.4. The van der Waals surface area contributed by atoms with E-state index in [1.54, 1.807) is 31.2 Å². The molecule has 5 rings (SSSR count). The molecule has 252 valence electrons. The number of cyclic esters (lactones) is 1. The van der Waals surface area contributed by atoms with Gasteiger partial charge in [0.15, 0.2) is 0 Å². The van der Waals surface area contributed by atoms with Gasteiger partial charge in [0.1, 0.15) is 15.6 Å². The second-order valence-electron chi connectivity index (χ2n) is 11.7. The number of pyridine rings is 1. The highest BCUT2D eigenvalue weighted by Gasteiger charge is 2.43. The van der Waals surface area contributed by atoms with Crippen molar-refractivity contribution in [1.82, 2.24) is 9.88 Å². The Morgan fingerprint density at radius 3 is 2.17 bits per heavy atom. The number of rotatable bonds is 7. The Bertz CT molecular complexity index is 1620. The van der Waals surface area contributed by atoms with Crippen molar-refractivity contribution < 1.29 is 49.8 Å². The smallest absolute Gasteiger partial charge is 0.416 e. The lowest BCUT2D eigenvalue weighted by atomic mass is 9.78. The number of aromatic nitrogens is 1. The predicted octanol–water partition coefficient (Wildman–Crippen LogP) is 9.45. The zero-order valence-corrected chi connectivity index (χ0v) is 27.4. The van der Waals surface area contributed by atoms with Crippen LogP contribution >= 0.6 is 22.6 Å². The molecule has 0 spiro atoms. The first-order valence-electron chi connectivity index (χ1n) is 14.9. The molecule has 2 aromatic carbocycles. The van der Waals surface area contributed by atoms with Crippen LogP contribution in [0.3, 0.4) is 0 Å². The summed E-state index contributed by atoms with van der Waals surface area (Å²) in [6, 6.07) is 8.17. The van der Waals surface area contributed by atoms with E-state index in [2.05, 4.69) is 4.98 Å². The third kappa shape index (κ3) is 7.67. The summed E-state index contributed by atoms with van der Waals surface area (Å²) in [5.41, 5.74) is -1.77. The second kappa shape index (κ2) is 13.6. The minimum Gasteiger partial charge on any atom is -0.466 e. The molecule has 47 heavy (non-hydrogen) atoms. The molecule has 1 aliphatic carbocycles. The molecule has 1 aliphatic heterocycles. The van der Waals surface area contributed by atoms with Crippen molar-refractivity contribution in [2.24, 2.45) is 5.92 Å². The molecule has 1 saturated carbocycles. The third-order valence-electron chi connectivity index (χ3n) is 8.69. The molecule has 2 fully saturated rings. The fraction of sp³-hybridized carbons (Fsp3) is 0.424. The van der Waals surface area contributed by atoms with Crippen LogP contribution in [0.2, 0.25) is 0 Å². The summed E-state index contributed by atoms with van der Waals surface area (Å²) in [6.07, 6.45) is -9.86. The van der Waals surface area contributed by atoms with E-state index >= 15 is 4.39 Å². The molecular formula is C33H30F7IN2O4. The van der Waals surface area contributed by atoms with Crippen molar-refractivity contribution in [2.75, 3.05) is 6.61 Å². The van der Waals surface area contributed by atoms with Crippen LogP contribution in [0.15, 0.2) is 48.5 Å². The molecule has 0 N–H and O–H groups in total. The van der Waals surface area contributed by atoms with Gasteiger partial charge in [-0.25, -0.2) is 14.2 Å². The largest absolute Gasteiger partial charge is 0.466 e. The van der Waals surface area contributed by atoms with Crippen molar-refractivity contribution in [3.05, 3.63) is 86.0 Å². The van der Waals surface area contributed by atoms with Crippen LogP contribution in [0.1, 0.15) is 79.5 Å². The Morgan fingerprint density at radius 1 is 0.936 bits per heavy atom. The third-order valence-corrected chi connectivity index (χ3v) is 9.29. The number of amides is 1. The van der Waals surface area contributed by atoms with Gasteiger partial charge in [0, 0.05) is 11.1 Å². The van der Waals surface area contributed by atoms with Crippen LogP contribution in [-0.2, 0) is 33.2 Å². The van der Waals surface area contributed by atoms with Crippen LogP contribution in [-0.4, -0.2) is 34.6 Å². The number of hydrogen-bond acceptors (Lipinski definition) is 5. The summed E-state index contributed by atoms with van der Waals surface area (Å²) < 4.78 is 108. The van der Waals surface area contributed by atoms with E-state index in [0.29, 0.717) is 53.7 Å². The van der Waals surface area contributed by atoms with Crippen LogP contribution in [0.4, 0.5) is 35.5 Å². The van der Waals surface area contributed by atoms with Crippen molar-refractivity contribution in [3.63, 3.8) is 0 Å². The Balaban J connectivity index is 1.42. The summed E-state index contributed by atoms with van der Waals surface area (Å²) in [5.74, 6) is -0.869. The van der Waals surface area contributed by atoms with Gasteiger partial charge in [0.2, 0.25) is 0 Å². The lowest BCUT2D eigenvalue weighted by molar-refractivity contribution is -0.149. The standard InChI is InChI=1S/C33H30F7IN2O4/c1-3-46-30(44)19-6-4-18(5-7-19)20-8-10-26(34)25(14-20)24-9-11-28(41)42-27(24)16-43-17(2)29(47-31(43)45)21-12-22(32(35,36)37)15-23(13-21)33(38,39)40/h8-15,17-19,29H,3-7,16H2,1-2H3/t17-,18-,19-,29-/m0/s1. The summed E-state index contributed by atoms with van der Waals surface area (Å²) in [4.78, 5) is 30.9. The fourth-order valence-electron chi connectivity index (χ4n) is 6.23. The molecule has 6 nitrogen and oxygen atoms in total. The first-order valence-corrected chi connectivity index (χ1v) is 16.0. The highest BCUT2D eigenvalue weighted by Crippen LogP contribution is 2.42. The first-order chi connectivity index (χ1) is 22.1. The quantitative estimate of drug-likeness (QED) is 0.104. The number of nitrogens with zero attached hydrogens (tertiary/aromatic N) is 2. The zero-order valence-electron chi connectivity index (χ0n) is 25.2. The highest BCUT2D eigenvalue weighted by atomic mass is 127. The topological polar surface area (TPSA) is 68.7 Å². The SMILES string of the molecule is CCOC(=O)[C@H]1CC[C@H](c2ccc(F)c(-c3ccc(I)nc3CN3C(=O)O[C@H](c4cc(C(F)(F)F)cc(C(F)(F)F)c4)[C@@H]3C)c2)CC1. The van der Waals surface area contributed by atoms with Gasteiger partial charge in [-0.3, -0.25) is 9.69 Å². The summed E-state index contributed by atoms with van der Waals surface area (Å²) >= 11 is 1.95. The minimum atomic E-state index is -5.07. The summed E-state index contributed by atoms with van der Waals surface area (Å²) in [7, 11) is 0. The monoisotopic (exact) mass is 778 g/mol. The lowest BCUT2D eigenvalue weighted by Gasteiger charge is -2.28. The molecule has 2 heterocycles. The van der Waals surface area contributed by atoms with Crippen LogP contribution in [0.5, 0.6) is 0 Å². The lowest BCUT2D eigenvalue weighted by Crippen LogP contribution is -2.32. The Kier molecular flexibility index (Phi) is 10.1. The number of esters is 1. The van der Waals surface area contributed by atoms with Crippen molar-refractivity contribution >= 4 is 34.7 Å². The average Bonchev–Trinajstić information content (AvgIpc) is 3.29. The number of hydrogen-bond donors (Lipinski definition) is 0. The van der Waals surface area contributed by atoms with E-state index in [4.69, 9.17) is 9.47 Å². The Morgan fingerprint density at radius 2 is 1.57 bits per heavy atom. The summed E-state index contributed by atoms with van der Waals surface area (Å²) in [6.45, 7) is 3.27. The maximum atomic E-state index is 15.4. The van der Waals surface area contributed by atoms with E-state index < -0.39 is 53.1 Å². The van der Waals surface area contributed by atoms with Gasteiger partial charge >= 0.3 is 24.4 Å². The molecule has 14 heteroatoms. The van der Waals surface area contributed by atoms with Crippen LogP contribution in [0.25, 0.3) is 11.1 Å². The molecule has 3 aromatic rings. The van der Waals surface area contributed by atoms with Crippen LogP contribution < -0.4 is 0 Å². The van der Waals surface area contributed by atoms with Gasteiger partial charge in [0.25, 0.3) is 0 Å². The highest BCUT2D eigenvalue weighted by molar-refractivity contribution is 14.1. The molecule has 1 aromatic heterocycles. The number of carbonyl (C=O) groups excluding carboxylic acids is 2. The Hall–Kier alpha value is -3.43. The predicted molar refractivity (Wildman–Crippen MR) is 164 cm³/mol. The minimum absolute atomic E-state index is 0.0134. The van der Waals surface area contributed by atoms with E-state index in [1.165, 1.54) is 13.0 Å². The first kappa shape index (κ1) is 34.9.